The maximum absolute atomic E-state index is 13.5. The number of halogens is 3. The van der Waals surface area contributed by atoms with Gasteiger partial charge in [-0.15, -0.1) is 0 Å². The molecule has 0 atom stereocenters. The first-order valence-corrected chi connectivity index (χ1v) is 15.3. The Hall–Kier alpha value is -2.00. The van der Waals surface area contributed by atoms with Crippen LogP contribution in [0.5, 0.6) is 0 Å². The number of nitrogens with zero attached hydrogens (tertiary/aromatic N) is 3. The Labute approximate surface area is 197 Å². The lowest BCUT2D eigenvalue weighted by Crippen LogP contribution is -2.43. The predicted molar refractivity (Wildman–Crippen MR) is 132 cm³/mol. The number of amides is 1. The largest absolute Gasteiger partial charge is 0.371 e. The molecule has 1 aromatic carbocycles. The van der Waals surface area contributed by atoms with Crippen LogP contribution in [0.1, 0.15) is 23.2 Å². The summed E-state index contributed by atoms with van der Waals surface area (Å²) in [4.78, 5) is 21.6. The molecule has 0 bridgehead atoms. The Morgan fingerprint density at radius 2 is 1.75 bits per heavy atom. The summed E-state index contributed by atoms with van der Waals surface area (Å²) in [5.74, 6) is -2.79. The molecule has 0 radical (unpaired) electrons. The molecule has 9 heteroatoms. The van der Waals surface area contributed by atoms with Crippen molar-refractivity contribution in [3.05, 3.63) is 46.7 Å². The lowest BCUT2D eigenvalue weighted by Gasteiger charge is -2.37. The van der Waals surface area contributed by atoms with E-state index in [9.17, 15) is 13.6 Å². The molecule has 4 rings (SSSR count). The second kappa shape index (κ2) is 9.09. The number of pyridine rings is 1. The van der Waals surface area contributed by atoms with Gasteiger partial charge in [0.15, 0.2) is 0 Å². The van der Waals surface area contributed by atoms with Crippen LogP contribution in [0, 0.1) is 0 Å². The van der Waals surface area contributed by atoms with Gasteiger partial charge in [0.2, 0.25) is 0 Å². The summed E-state index contributed by atoms with van der Waals surface area (Å²) in [7, 11) is -1.13. The fraction of sp³-hybridized carbons (Fsp3) is 0.478. The number of anilines is 3. The van der Waals surface area contributed by atoms with Crippen LogP contribution >= 0.6 is 15.9 Å². The standard InChI is InChI=1S/C23H29BrF2N4OSi/c1-32(2)11-9-30(10-12-32)21-13-17(24)3-4-20(21)22(31)28-18-14-19(16-27-15-18)29-7-5-23(25,26)6-8-29/h3-4,13-16H,5-12H2,1-2H3,(H,28,31). The monoisotopic (exact) mass is 522 g/mol. The summed E-state index contributed by atoms with van der Waals surface area (Å²) >= 11 is 3.54. The molecule has 3 heterocycles. The van der Waals surface area contributed by atoms with Crippen LogP contribution < -0.4 is 15.1 Å². The van der Waals surface area contributed by atoms with Crippen LogP contribution in [-0.4, -0.2) is 51.1 Å². The number of hydrogen-bond acceptors (Lipinski definition) is 4. The fourth-order valence-electron chi connectivity index (χ4n) is 4.27. The van der Waals surface area contributed by atoms with E-state index in [0.717, 1.165) is 28.9 Å². The molecular weight excluding hydrogens is 494 g/mol. The first kappa shape index (κ1) is 23.2. The summed E-state index contributed by atoms with van der Waals surface area (Å²) < 4.78 is 27.9. The highest BCUT2D eigenvalue weighted by Gasteiger charge is 2.34. The van der Waals surface area contributed by atoms with Crippen LogP contribution in [0.2, 0.25) is 25.2 Å². The Morgan fingerprint density at radius 3 is 2.44 bits per heavy atom. The first-order chi connectivity index (χ1) is 15.1. The van der Waals surface area contributed by atoms with E-state index in [-0.39, 0.29) is 31.8 Å². The third kappa shape index (κ3) is 5.48. The highest BCUT2D eigenvalue weighted by Crippen LogP contribution is 2.33. The first-order valence-electron chi connectivity index (χ1n) is 11.1. The molecule has 5 nitrogen and oxygen atoms in total. The number of alkyl halides is 2. The zero-order chi connectivity index (χ0) is 22.9. The van der Waals surface area contributed by atoms with Gasteiger partial charge in [0.25, 0.3) is 11.8 Å². The normalized spacial score (nSPS) is 20.2. The van der Waals surface area contributed by atoms with Gasteiger partial charge in [0, 0.05) is 43.5 Å². The van der Waals surface area contributed by atoms with Crippen molar-refractivity contribution in [1.82, 2.24) is 4.98 Å². The summed E-state index contributed by atoms with van der Waals surface area (Å²) in [5.41, 5.74) is 2.87. The van der Waals surface area contributed by atoms with E-state index in [2.05, 4.69) is 44.2 Å². The molecule has 2 aliphatic heterocycles. The molecule has 2 saturated heterocycles. The van der Waals surface area contributed by atoms with Crippen LogP contribution in [0.4, 0.5) is 25.8 Å². The van der Waals surface area contributed by atoms with Crippen LogP contribution in [0.3, 0.4) is 0 Å². The molecule has 1 amide bonds. The van der Waals surface area contributed by atoms with Crippen molar-refractivity contribution in [2.45, 2.75) is 43.9 Å². The zero-order valence-corrected chi connectivity index (χ0v) is 21.1. The topological polar surface area (TPSA) is 48.5 Å². The highest BCUT2D eigenvalue weighted by atomic mass is 79.9. The van der Waals surface area contributed by atoms with E-state index >= 15 is 0 Å². The van der Waals surface area contributed by atoms with Gasteiger partial charge in [-0.2, -0.15) is 0 Å². The second-order valence-electron chi connectivity index (χ2n) is 9.54. The average Bonchev–Trinajstić information content (AvgIpc) is 2.74. The molecule has 0 aliphatic carbocycles. The van der Waals surface area contributed by atoms with Crippen molar-refractivity contribution < 1.29 is 13.6 Å². The summed E-state index contributed by atoms with van der Waals surface area (Å²) in [6.07, 6.45) is 2.92. The number of aromatic nitrogens is 1. The number of rotatable bonds is 4. The van der Waals surface area contributed by atoms with Crippen molar-refractivity contribution in [3.63, 3.8) is 0 Å². The Bertz CT molecular complexity index is 984. The van der Waals surface area contributed by atoms with Crippen molar-refractivity contribution >= 4 is 47.0 Å². The average molecular weight is 523 g/mol. The van der Waals surface area contributed by atoms with Crippen molar-refractivity contribution in [3.8, 4) is 0 Å². The third-order valence-corrected chi connectivity index (χ3v) is 10.2. The second-order valence-corrected chi connectivity index (χ2v) is 15.8. The van der Waals surface area contributed by atoms with Crippen molar-refractivity contribution in [2.75, 3.05) is 41.3 Å². The van der Waals surface area contributed by atoms with Crippen LogP contribution in [0.15, 0.2) is 41.1 Å². The van der Waals surface area contributed by atoms with Gasteiger partial charge < -0.3 is 15.1 Å². The Morgan fingerprint density at radius 1 is 1.06 bits per heavy atom. The lowest BCUT2D eigenvalue weighted by molar-refractivity contribution is -0.0220. The minimum absolute atomic E-state index is 0.165. The van der Waals surface area contributed by atoms with E-state index in [4.69, 9.17) is 0 Å². The number of piperidine rings is 1. The SMILES string of the molecule is C[Si]1(C)CCN(c2cc(Br)ccc2C(=O)Nc2cncc(N3CCC(F)(F)CC3)c2)CC1. The van der Waals surface area contributed by atoms with Crippen molar-refractivity contribution in [1.29, 1.82) is 0 Å². The molecule has 172 valence electrons. The summed E-state index contributed by atoms with van der Waals surface area (Å²) in [5, 5.41) is 2.96. The number of benzene rings is 1. The molecule has 32 heavy (non-hydrogen) atoms. The van der Waals surface area contributed by atoms with Crippen LogP contribution in [-0.2, 0) is 0 Å². The van der Waals surface area contributed by atoms with Gasteiger partial charge in [-0.1, -0.05) is 29.0 Å². The summed E-state index contributed by atoms with van der Waals surface area (Å²) in [6, 6.07) is 9.96. The maximum Gasteiger partial charge on any atom is 0.257 e. The predicted octanol–water partition coefficient (Wildman–Crippen LogP) is 5.86. The van der Waals surface area contributed by atoms with Gasteiger partial charge in [-0.05, 0) is 36.4 Å². The molecule has 0 spiro atoms. The molecule has 2 aromatic rings. The molecule has 2 fully saturated rings. The Balaban J connectivity index is 1.50. The molecule has 2 aliphatic rings. The van der Waals surface area contributed by atoms with Crippen LogP contribution in [0.25, 0.3) is 0 Å². The zero-order valence-electron chi connectivity index (χ0n) is 18.5. The fourth-order valence-corrected chi connectivity index (χ4v) is 6.62. The summed E-state index contributed by atoms with van der Waals surface area (Å²) in [6.45, 7) is 7.32. The quantitative estimate of drug-likeness (QED) is 0.510. The van der Waals surface area contributed by atoms with E-state index in [0.29, 0.717) is 11.3 Å². The number of nitrogens with one attached hydrogen (secondary N) is 1. The van der Waals surface area contributed by atoms with Gasteiger partial charge >= 0.3 is 0 Å². The van der Waals surface area contributed by atoms with Gasteiger partial charge in [-0.3, -0.25) is 9.78 Å². The molecular formula is C23H29BrF2N4OSi. The van der Waals surface area contributed by atoms with Crippen molar-refractivity contribution in [2.24, 2.45) is 0 Å². The molecule has 0 saturated carbocycles. The van der Waals surface area contributed by atoms with Gasteiger partial charge in [0.05, 0.1) is 43.1 Å². The third-order valence-electron chi connectivity index (χ3n) is 6.50. The van der Waals surface area contributed by atoms with E-state index < -0.39 is 14.0 Å². The molecule has 0 unspecified atom stereocenters. The Kier molecular flexibility index (Phi) is 6.58. The smallest absolute Gasteiger partial charge is 0.257 e. The lowest BCUT2D eigenvalue weighted by atomic mass is 10.1. The highest BCUT2D eigenvalue weighted by molar-refractivity contribution is 9.10. The van der Waals surface area contributed by atoms with E-state index in [1.165, 1.54) is 12.1 Å². The number of carbonyl (C=O) groups is 1. The van der Waals surface area contributed by atoms with Gasteiger partial charge in [0.1, 0.15) is 0 Å². The molecule has 1 N–H and O–H groups in total. The minimum atomic E-state index is -2.60. The molecule has 1 aromatic heterocycles. The van der Waals surface area contributed by atoms with E-state index in [1.807, 2.05) is 29.2 Å². The number of hydrogen-bond donors (Lipinski definition) is 1. The maximum atomic E-state index is 13.5. The van der Waals surface area contributed by atoms with Gasteiger partial charge in [-0.25, -0.2) is 8.78 Å². The minimum Gasteiger partial charge on any atom is -0.371 e. The van der Waals surface area contributed by atoms with E-state index in [1.54, 1.807) is 12.4 Å². The number of carbonyl (C=O) groups excluding carboxylic acids is 1.